The van der Waals surface area contributed by atoms with E-state index in [2.05, 4.69) is 49.4 Å². The number of hydrogen-bond acceptors (Lipinski definition) is 5. The molecule has 1 amide bonds. The number of aryl methyl sites for hydroxylation is 1. The SMILES string of the molecule is Cc1ccc(OC[C@H]2C[C@@H](C(=O)NCCc3cnc[nH]3)CN(CCc3ccccc3)C2)cn1. The predicted molar refractivity (Wildman–Crippen MR) is 128 cm³/mol. The second-order valence-corrected chi connectivity index (χ2v) is 8.86. The molecule has 174 valence electrons. The van der Waals surface area contributed by atoms with Crippen molar-refractivity contribution in [1.82, 2.24) is 25.2 Å². The lowest BCUT2D eigenvalue weighted by atomic mass is 9.88. The third-order valence-electron chi connectivity index (χ3n) is 6.16. The molecule has 3 aromatic rings. The van der Waals surface area contributed by atoms with Crippen molar-refractivity contribution in [3.05, 3.63) is 78.1 Å². The van der Waals surface area contributed by atoms with Crippen molar-refractivity contribution in [2.24, 2.45) is 11.8 Å². The molecule has 7 nitrogen and oxygen atoms in total. The second-order valence-electron chi connectivity index (χ2n) is 8.86. The summed E-state index contributed by atoms with van der Waals surface area (Å²) in [6.45, 7) is 5.81. The summed E-state index contributed by atoms with van der Waals surface area (Å²) in [5.41, 5.74) is 3.32. The van der Waals surface area contributed by atoms with Crippen LogP contribution in [0.4, 0.5) is 0 Å². The minimum atomic E-state index is -0.0407. The van der Waals surface area contributed by atoms with E-state index in [-0.39, 0.29) is 11.8 Å². The number of amides is 1. The topological polar surface area (TPSA) is 83.1 Å². The molecule has 0 radical (unpaired) electrons. The van der Waals surface area contributed by atoms with Gasteiger partial charge >= 0.3 is 0 Å². The first kappa shape index (κ1) is 23.0. The van der Waals surface area contributed by atoms with Crippen molar-refractivity contribution < 1.29 is 9.53 Å². The number of pyridine rings is 1. The van der Waals surface area contributed by atoms with Gasteiger partial charge in [-0.3, -0.25) is 9.78 Å². The second kappa shape index (κ2) is 11.6. The van der Waals surface area contributed by atoms with Crippen LogP contribution in [0.5, 0.6) is 5.75 Å². The summed E-state index contributed by atoms with van der Waals surface area (Å²) in [6, 6.07) is 14.4. The van der Waals surface area contributed by atoms with Crippen molar-refractivity contribution in [2.75, 3.05) is 32.8 Å². The monoisotopic (exact) mass is 447 g/mol. The fraction of sp³-hybridized carbons (Fsp3) is 0.423. The van der Waals surface area contributed by atoms with Crippen LogP contribution < -0.4 is 10.1 Å². The van der Waals surface area contributed by atoms with E-state index < -0.39 is 0 Å². The van der Waals surface area contributed by atoms with Gasteiger partial charge in [-0.05, 0) is 37.5 Å². The molecule has 0 saturated carbocycles. The van der Waals surface area contributed by atoms with E-state index in [1.165, 1.54) is 5.56 Å². The van der Waals surface area contributed by atoms with E-state index in [1.54, 1.807) is 18.7 Å². The first-order valence-corrected chi connectivity index (χ1v) is 11.7. The highest BCUT2D eigenvalue weighted by Crippen LogP contribution is 2.24. The summed E-state index contributed by atoms with van der Waals surface area (Å²) in [6.07, 6.45) is 7.79. The zero-order valence-electron chi connectivity index (χ0n) is 19.2. The van der Waals surface area contributed by atoms with Crippen molar-refractivity contribution in [1.29, 1.82) is 0 Å². The van der Waals surface area contributed by atoms with Gasteiger partial charge in [-0.15, -0.1) is 0 Å². The van der Waals surface area contributed by atoms with E-state index in [0.29, 0.717) is 19.1 Å². The molecule has 0 aliphatic carbocycles. The zero-order chi connectivity index (χ0) is 22.9. The van der Waals surface area contributed by atoms with Crippen LogP contribution in [0.3, 0.4) is 0 Å². The Hall–Kier alpha value is -3.19. The first-order chi connectivity index (χ1) is 16.2. The Labute approximate surface area is 195 Å². The van der Waals surface area contributed by atoms with Gasteiger partial charge in [-0.2, -0.15) is 0 Å². The number of benzene rings is 1. The summed E-state index contributed by atoms with van der Waals surface area (Å²) in [4.78, 5) is 26.8. The number of hydrogen-bond donors (Lipinski definition) is 2. The van der Waals surface area contributed by atoms with Gasteiger partial charge in [-0.25, -0.2) is 4.98 Å². The molecule has 4 rings (SSSR count). The van der Waals surface area contributed by atoms with Crippen LogP contribution in [-0.4, -0.2) is 58.5 Å². The van der Waals surface area contributed by atoms with E-state index in [1.807, 2.05) is 25.1 Å². The predicted octanol–water partition coefficient (Wildman–Crippen LogP) is 3.03. The van der Waals surface area contributed by atoms with Crippen LogP contribution in [0.25, 0.3) is 0 Å². The van der Waals surface area contributed by atoms with Crippen molar-refractivity contribution in [2.45, 2.75) is 26.2 Å². The number of nitrogens with zero attached hydrogens (tertiary/aromatic N) is 3. The molecular weight excluding hydrogens is 414 g/mol. The highest BCUT2D eigenvalue weighted by Gasteiger charge is 2.31. The summed E-state index contributed by atoms with van der Waals surface area (Å²) in [5.74, 6) is 1.16. The molecule has 1 fully saturated rings. The smallest absolute Gasteiger partial charge is 0.224 e. The minimum Gasteiger partial charge on any atom is -0.492 e. The summed E-state index contributed by atoms with van der Waals surface area (Å²) in [7, 11) is 0. The largest absolute Gasteiger partial charge is 0.492 e. The fourth-order valence-corrected chi connectivity index (χ4v) is 4.37. The van der Waals surface area contributed by atoms with E-state index >= 15 is 0 Å². The first-order valence-electron chi connectivity index (χ1n) is 11.7. The quantitative estimate of drug-likeness (QED) is 0.499. The Morgan fingerprint density at radius 1 is 1.15 bits per heavy atom. The highest BCUT2D eigenvalue weighted by molar-refractivity contribution is 5.79. The normalized spacial score (nSPS) is 18.7. The minimum absolute atomic E-state index is 0.0407. The number of rotatable bonds is 10. The number of nitrogens with one attached hydrogen (secondary N) is 2. The van der Waals surface area contributed by atoms with Gasteiger partial charge in [0.25, 0.3) is 0 Å². The molecule has 2 aromatic heterocycles. The van der Waals surface area contributed by atoms with E-state index in [9.17, 15) is 4.79 Å². The fourth-order valence-electron chi connectivity index (χ4n) is 4.37. The molecule has 1 saturated heterocycles. The van der Waals surface area contributed by atoms with Crippen LogP contribution in [0.15, 0.2) is 61.2 Å². The van der Waals surface area contributed by atoms with E-state index in [4.69, 9.17) is 4.74 Å². The number of carbonyl (C=O) groups excluding carboxylic acids is 1. The molecule has 0 bridgehead atoms. The van der Waals surface area contributed by atoms with Gasteiger partial charge in [0.15, 0.2) is 0 Å². The van der Waals surface area contributed by atoms with Crippen LogP contribution >= 0.6 is 0 Å². The molecular formula is C26H33N5O2. The summed E-state index contributed by atoms with van der Waals surface area (Å²) in [5, 5.41) is 3.12. The maximum absolute atomic E-state index is 13.0. The maximum Gasteiger partial charge on any atom is 0.224 e. The third kappa shape index (κ3) is 7.15. The number of aromatic nitrogens is 3. The average Bonchev–Trinajstić information content (AvgIpc) is 3.36. The molecule has 2 atom stereocenters. The van der Waals surface area contributed by atoms with Gasteiger partial charge in [0, 0.05) is 56.1 Å². The molecule has 0 unspecified atom stereocenters. The molecule has 0 spiro atoms. The lowest BCUT2D eigenvalue weighted by molar-refractivity contribution is -0.127. The van der Waals surface area contributed by atoms with Gasteiger partial charge in [-0.1, -0.05) is 30.3 Å². The van der Waals surface area contributed by atoms with E-state index in [0.717, 1.165) is 56.0 Å². The maximum atomic E-state index is 13.0. The lowest BCUT2D eigenvalue weighted by Crippen LogP contribution is -2.48. The van der Waals surface area contributed by atoms with Crippen LogP contribution in [0.2, 0.25) is 0 Å². The number of piperidine rings is 1. The molecule has 1 aliphatic heterocycles. The summed E-state index contributed by atoms with van der Waals surface area (Å²) < 4.78 is 6.04. The summed E-state index contributed by atoms with van der Waals surface area (Å²) >= 11 is 0. The lowest BCUT2D eigenvalue weighted by Gasteiger charge is -2.37. The number of ether oxygens (including phenoxy) is 1. The molecule has 1 aromatic carbocycles. The molecule has 1 aliphatic rings. The van der Waals surface area contributed by atoms with Gasteiger partial charge in [0.05, 0.1) is 25.0 Å². The van der Waals surface area contributed by atoms with Gasteiger partial charge in [0.1, 0.15) is 5.75 Å². The Morgan fingerprint density at radius 2 is 2.03 bits per heavy atom. The van der Waals surface area contributed by atoms with Crippen LogP contribution in [-0.2, 0) is 17.6 Å². The van der Waals surface area contributed by atoms with Crippen LogP contribution in [0.1, 0.15) is 23.4 Å². The van der Waals surface area contributed by atoms with Crippen molar-refractivity contribution in [3.8, 4) is 5.75 Å². The third-order valence-corrected chi connectivity index (χ3v) is 6.16. The Balaban J connectivity index is 1.33. The Bertz CT molecular complexity index is 976. The highest BCUT2D eigenvalue weighted by atomic mass is 16.5. The van der Waals surface area contributed by atoms with Crippen molar-refractivity contribution >= 4 is 5.91 Å². The molecule has 7 heteroatoms. The Kier molecular flexibility index (Phi) is 8.09. The van der Waals surface area contributed by atoms with Crippen molar-refractivity contribution in [3.63, 3.8) is 0 Å². The number of carbonyl (C=O) groups is 1. The number of H-pyrrole nitrogens is 1. The molecule has 3 heterocycles. The number of aromatic amines is 1. The molecule has 2 N–H and O–H groups in total. The number of likely N-dealkylation sites (tertiary alicyclic amines) is 1. The average molecular weight is 448 g/mol. The Morgan fingerprint density at radius 3 is 2.79 bits per heavy atom. The standard InChI is InChI=1S/C26H33N5O2/c1-20-7-8-25(15-29-20)33-18-22-13-23(26(32)28-11-9-24-14-27-19-30-24)17-31(16-22)12-10-21-5-3-2-4-6-21/h2-8,14-15,19,22-23H,9-13,16-18H2,1H3,(H,27,30)(H,28,32)/t22-,23+/m0/s1. The molecule has 33 heavy (non-hydrogen) atoms. The van der Waals surface area contributed by atoms with Crippen LogP contribution in [0, 0.1) is 18.8 Å². The number of imidazole rings is 1. The van der Waals surface area contributed by atoms with Gasteiger partial charge in [0.2, 0.25) is 5.91 Å². The zero-order valence-corrected chi connectivity index (χ0v) is 19.2. The van der Waals surface area contributed by atoms with Gasteiger partial charge < -0.3 is 19.9 Å².